The molecule has 0 radical (unpaired) electrons. The molecule has 0 saturated carbocycles. The summed E-state index contributed by atoms with van der Waals surface area (Å²) < 4.78 is 4.73. The van der Waals surface area contributed by atoms with Crippen molar-refractivity contribution in [3.8, 4) is 11.1 Å². The summed E-state index contributed by atoms with van der Waals surface area (Å²) in [6.07, 6.45) is 1.55. The molecule has 0 aliphatic rings. The SMILES string of the molecule is Clc1ccccc1-c1cnoc1Cl. The summed E-state index contributed by atoms with van der Waals surface area (Å²) in [6.45, 7) is 0. The molecule has 1 aromatic heterocycles. The van der Waals surface area contributed by atoms with Crippen molar-refractivity contribution in [3.05, 3.63) is 40.7 Å². The summed E-state index contributed by atoms with van der Waals surface area (Å²) in [5, 5.41) is 4.46. The second-order valence-electron chi connectivity index (χ2n) is 2.49. The zero-order chi connectivity index (χ0) is 9.26. The van der Waals surface area contributed by atoms with Gasteiger partial charge >= 0.3 is 0 Å². The maximum absolute atomic E-state index is 5.96. The van der Waals surface area contributed by atoms with E-state index >= 15 is 0 Å². The molecular formula is C9H5Cl2NO. The van der Waals surface area contributed by atoms with Crippen molar-refractivity contribution in [3.63, 3.8) is 0 Å². The van der Waals surface area contributed by atoms with Gasteiger partial charge in [-0.2, -0.15) is 0 Å². The Morgan fingerprint density at radius 3 is 2.46 bits per heavy atom. The monoisotopic (exact) mass is 213 g/mol. The van der Waals surface area contributed by atoms with Crippen LogP contribution in [0.1, 0.15) is 0 Å². The van der Waals surface area contributed by atoms with Crippen LogP contribution in [0.3, 0.4) is 0 Å². The smallest absolute Gasteiger partial charge is 0.233 e. The topological polar surface area (TPSA) is 26.0 Å². The maximum Gasteiger partial charge on any atom is 0.233 e. The maximum atomic E-state index is 5.96. The van der Waals surface area contributed by atoms with Crippen molar-refractivity contribution >= 4 is 23.2 Å². The van der Waals surface area contributed by atoms with Crippen LogP contribution in [0.5, 0.6) is 0 Å². The molecule has 66 valence electrons. The lowest BCUT2D eigenvalue weighted by molar-refractivity contribution is 0.422. The number of hydrogen-bond donors (Lipinski definition) is 0. The minimum atomic E-state index is 0.258. The second-order valence-corrected chi connectivity index (χ2v) is 3.24. The van der Waals surface area contributed by atoms with E-state index in [1.54, 1.807) is 12.3 Å². The predicted molar refractivity (Wildman–Crippen MR) is 52.0 cm³/mol. The molecule has 0 saturated heterocycles. The molecule has 0 N–H and O–H groups in total. The van der Waals surface area contributed by atoms with Crippen LogP contribution in [0.25, 0.3) is 11.1 Å². The van der Waals surface area contributed by atoms with Crippen LogP contribution in [0.15, 0.2) is 35.0 Å². The van der Waals surface area contributed by atoms with Crippen molar-refractivity contribution in [2.24, 2.45) is 0 Å². The molecule has 2 rings (SSSR count). The molecule has 4 heteroatoms. The van der Waals surface area contributed by atoms with Crippen LogP contribution >= 0.6 is 23.2 Å². The van der Waals surface area contributed by atoms with E-state index < -0.39 is 0 Å². The largest absolute Gasteiger partial charge is 0.344 e. The van der Waals surface area contributed by atoms with E-state index in [0.29, 0.717) is 10.6 Å². The van der Waals surface area contributed by atoms with Gasteiger partial charge in [0.15, 0.2) is 0 Å². The van der Waals surface area contributed by atoms with E-state index in [4.69, 9.17) is 27.7 Å². The van der Waals surface area contributed by atoms with Gasteiger partial charge in [0, 0.05) is 10.6 Å². The molecule has 0 amide bonds. The highest BCUT2D eigenvalue weighted by atomic mass is 35.5. The van der Waals surface area contributed by atoms with Crippen LogP contribution in [-0.2, 0) is 0 Å². The van der Waals surface area contributed by atoms with Gasteiger partial charge in [-0.1, -0.05) is 35.0 Å². The summed E-state index contributed by atoms with van der Waals surface area (Å²) in [5.74, 6) is 0. The van der Waals surface area contributed by atoms with Gasteiger partial charge in [0.25, 0.3) is 0 Å². The lowest BCUT2D eigenvalue weighted by Crippen LogP contribution is -1.75. The van der Waals surface area contributed by atoms with Crippen molar-refractivity contribution in [1.82, 2.24) is 5.16 Å². The van der Waals surface area contributed by atoms with E-state index in [1.165, 1.54) is 0 Å². The first-order valence-corrected chi connectivity index (χ1v) is 4.39. The van der Waals surface area contributed by atoms with Crippen molar-refractivity contribution < 1.29 is 4.52 Å². The second kappa shape index (κ2) is 3.40. The van der Waals surface area contributed by atoms with Gasteiger partial charge in [-0.25, -0.2) is 0 Å². The van der Waals surface area contributed by atoms with Crippen LogP contribution in [0.4, 0.5) is 0 Å². The Bertz CT molecular complexity index is 425. The third kappa shape index (κ3) is 1.55. The predicted octanol–water partition coefficient (Wildman–Crippen LogP) is 3.65. The Hall–Kier alpha value is -0.990. The Labute approximate surface area is 85.1 Å². The summed E-state index contributed by atoms with van der Waals surface area (Å²) in [5.41, 5.74) is 1.54. The summed E-state index contributed by atoms with van der Waals surface area (Å²) in [7, 11) is 0. The molecule has 1 heterocycles. The minimum Gasteiger partial charge on any atom is -0.344 e. The molecular weight excluding hydrogens is 209 g/mol. The van der Waals surface area contributed by atoms with Crippen LogP contribution in [-0.4, -0.2) is 5.16 Å². The number of nitrogens with zero attached hydrogens (tertiary/aromatic N) is 1. The summed E-state index contributed by atoms with van der Waals surface area (Å²) in [4.78, 5) is 0. The average Bonchev–Trinajstić information content (AvgIpc) is 2.52. The Morgan fingerprint density at radius 2 is 1.85 bits per heavy atom. The number of benzene rings is 1. The lowest BCUT2D eigenvalue weighted by atomic mass is 10.1. The molecule has 0 atom stereocenters. The molecule has 0 spiro atoms. The fourth-order valence-electron chi connectivity index (χ4n) is 1.08. The highest BCUT2D eigenvalue weighted by Crippen LogP contribution is 2.32. The van der Waals surface area contributed by atoms with Crippen LogP contribution in [0, 0.1) is 0 Å². The molecule has 0 aliphatic heterocycles. The standard InChI is InChI=1S/C9H5Cl2NO/c10-8-4-2-1-3-6(8)7-5-12-13-9(7)11/h1-5H. The first-order valence-electron chi connectivity index (χ1n) is 3.64. The number of aromatic nitrogens is 1. The Kier molecular flexibility index (Phi) is 2.25. The number of halogens is 2. The number of rotatable bonds is 1. The van der Waals surface area contributed by atoms with Gasteiger partial charge in [0.1, 0.15) is 0 Å². The molecule has 2 nitrogen and oxygen atoms in total. The van der Waals surface area contributed by atoms with Crippen molar-refractivity contribution in [2.75, 3.05) is 0 Å². The van der Waals surface area contributed by atoms with Gasteiger partial charge in [-0.3, -0.25) is 0 Å². The fraction of sp³-hybridized carbons (Fsp3) is 0. The Morgan fingerprint density at radius 1 is 1.08 bits per heavy atom. The molecule has 0 unspecified atom stereocenters. The molecule has 2 aromatic rings. The fourth-order valence-corrected chi connectivity index (χ4v) is 1.51. The highest BCUT2D eigenvalue weighted by molar-refractivity contribution is 6.35. The summed E-state index contributed by atoms with van der Waals surface area (Å²) >= 11 is 11.7. The third-order valence-electron chi connectivity index (χ3n) is 1.69. The van der Waals surface area contributed by atoms with Crippen LogP contribution in [0.2, 0.25) is 10.2 Å². The number of hydrogen-bond acceptors (Lipinski definition) is 2. The van der Waals surface area contributed by atoms with Gasteiger partial charge < -0.3 is 4.52 Å². The lowest BCUT2D eigenvalue weighted by Gasteiger charge is -1.98. The van der Waals surface area contributed by atoms with Gasteiger partial charge in [-0.05, 0) is 17.7 Å². The quantitative estimate of drug-likeness (QED) is 0.723. The zero-order valence-corrected chi connectivity index (χ0v) is 8.01. The molecule has 0 fully saturated rings. The van der Waals surface area contributed by atoms with E-state index in [0.717, 1.165) is 5.56 Å². The van der Waals surface area contributed by atoms with Gasteiger partial charge in [-0.15, -0.1) is 0 Å². The first kappa shape index (κ1) is 8.60. The third-order valence-corrected chi connectivity index (χ3v) is 2.29. The average molecular weight is 214 g/mol. The normalized spacial score (nSPS) is 10.3. The molecule has 0 bridgehead atoms. The molecule has 1 aromatic carbocycles. The minimum absolute atomic E-state index is 0.258. The summed E-state index contributed by atoms with van der Waals surface area (Å²) in [6, 6.07) is 7.39. The zero-order valence-electron chi connectivity index (χ0n) is 6.50. The van der Waals surface area contributed by atoms with E-state index in [-0.39, 0.29) is 5.22 Å². The molecule has 0 aliphatic carbocycles. The highest BCUT2D eigenvalue weighted by Gasteiger charge is 2.10. The van der Waals surface area contributed by atoms with E-state index in [9.17, 15) is 0 Å². The van der Waals surface area contributed by atoms with Gasteiger partial charge in [0.2, 0.25) is 5.22 Å². The Balaban J connectivity index is 2.59. The van der Waals surface area contributed by atoms with Crippen molar-refractivity contribution in [1.29, 1.82) is 0 Å². The van der Waals surface area contributed by atoms with Crippen molar-refractivity contribution in [2.45, 2.75) is 0 Å². The van der Waals surface area contributed by atoms with Gasteiger partial charge in [0.05, 0.1) is 11.8 Å². The first-order chi connectivity index (χ1) is 6.29. The van der Waals surface area contributed by atoms with Crippen LogP contribution < -0.4 is 0 Å². The van der Waals surface area contributed by atoms with E-state index in [2.05, 4.69) is 5.16 Å². The van der Waals surface area contributed by atoms with E-state index in [1.807, 2.05) is 18.2 Å². The molecule has 13 heavy (non-hydrogen) atoms.